The van der Waals surface area contributed by atoms with E-state index in [-0.39, 0.29) is 18.4 Å². The third-order valence-corrected chi connectivity index (χ3v) is 4.76. The Morgan fingerprint density at radius 1 is 1.29 bits per heavy atom. The number of carbonyl (C=O) groups excluding carboxylic acids is 1. The lowest BCUT2D eigenvalue weighted by Crippen LogP contribution is -2.33. The SMILES string of the molecule is O=C1C=CC2=CN=C(c3ccc(CCl)cc3)N3C[C@@H](CO)C(=C23)N1. The Morgan fingerprint density at radius 2 is 2.08 bits per heavy atom. The van der Waals surface area contributed by atoms with E-state index in [1.165, 1.54) is 6.08 Å². The molecule has 6 heteroatoms. The van der Waals surface area contributed by atoms with Crippen molar-refractivity contribution in [3.8, 4) is 0 Å². The van der Waals surface area contributed by atoms with Crippen LogP contribution < -0.4 is 5.32 Å². The predicted octanol–water partition coefficient (Wildman–Crippen LogP) is 1.89. The Kier molecular flexibility index (Phi) is 3.75. The Labute approximate surface area is 144 Å². The normalized spacial score (nSPS) is 22.0. The van der Waals surface area contributed by atoms with E-state index in [0.29, 0.717) is 12.4 Å². The summed E-state index contributed by atoms with van der Waals surface area (Å²) in [5.41, 5.74) is 4.59. The van der Waals surface area contributed by atoms with Crippen LogP contribution in [-0.2, 0) is 10.7 Å². The smallest absolute Gasteiger partial charge is 0.248 e. The van der Waals surface area contributed by atoms with Crippen LogP contribution in [0.25, 0.3) is 0 Å². The molecule has 0 bridgehead atoms. The van der Waals surface area contributed by atoms with E-state index in [1.807, 2.05) is 24.3 Å². The highest BCUT2D eigenvalue weighted by molar-refractivity contribution is 6.17. The van der Waals surface area contributed by atoms with Gasteiger partial charge in [0, 0.05) is 47.5 Å². The van der Waals surface area contributed by atoms with Crippen molar-refractivity contribution in [3.63, 3.8) is 0 Å². The van der Waals surface area contributed by atoms with Crippen molar-refractivity contribution in [3.05, 3.63) is 70.7 Å². The number of hydrogen-bond donors (Lipinski definition) is 2. The number of amidine groups is 1. The van der Waals surface area contributed by atoms with Crippen LogP contribution >= 0.6 is 11.6 Å². The van der Waals surface area contributed by atoms with Gasteiger partial charge in [-0.1, -0.05) is 24.3 Å². The quantitative estimate of drug-likeness (QED) is 0.825. The van der Waals surface area contributed by atoms with Crippen LogP contribution in [0.3, 0.4) is 0 Å². The largest absolute Gasteiger partial charge is 0.396 e. The van der Waals surface area contributed by atoms with Crippen LogP contribution in [0.1, 0.15) is 11.1 Å². The highest BCUT2D eigenvalue weighted by Gasteiger charge is 2.38. The van der Waals surface area contributed by atoms with Gasteiger partial charge in [0.2, 0.25) is 5.91 Å². The Morgan fingerprint density at radius 3 is 2.79 bits per heavy atom. The monoisotopic (exact) mass is 341 g/mol. The summed E-state index contributed by atoms with van der Waals surface area (Å²) in [7, 11) is 0. The van der Waals surface area contributed by atoms with E-state index < -0.39 is 0 Å². The molecule has 1 amide bonds. The van der Waals surface area contributed by atoms with Gasteiger partial charge in [-0.3, -0.25) is 4.79 Å². The second-order valence-corrected chi connectivity index (χ2v) is 6.21. The molecule has 1 atom stereocenters. The second-order valence-electron chi connectivity index (χ2n) is 5.94. The predicted molar refractivity (Wildman–Crippen MR) is 92.2 cm³/mol. The van der Waals surface area contributed by atoms with Gasteiger partial charge in [0.05, 0.1) is 12.3 Å². The molecule has 0 fully saturated rings. The topological polar surface area (TPSA) is 64.9 Å². The van der Waals surface area contributed by atoms with Gasteiger partial charge in [0.1, 0.15) is 5.84 Å². The van der Waals surface area contributed by atoms with E-state index in [1.54, 1.807) is 12.3 Å². The molecule has 122 valence electrons. The number of aliphatic hydroxyl groups is 1. The number of amides is 1. The Bertz CT molecular complexity index is 821. The number of halogens is 1. The third-order valence-electron chi connectivity index (χ3n) is 4.45. The molecule has 24 heavy (non-hydrogen) atoms. The second kappa shape index (κ2) is 5.92. The van der Waals surface area contributed by atoms with E-state index in [0.717, 1.165) is 33.9 Å². The Balaban J connectivity index is 1.80. The number of nitrogens with zero attached hydrogens (tertiary/aromatic N) is 2. The molecule has 3 heterocycles. The third kappa shape index (κ3) is 2.37. The number of alkyl halides is 1. The fraction of sp³-hybridized carbons (Fsp3) is 0.222. The lowest BCUT2D eigenvalue weighted by atomic mass is 10.1. The molecule has 3 aliphatic heterocycles. The van der Waals surface area contributed by atoms with Gasteiger partial charge in [-0.2, -0.15) is 0 Å². The maximum atomic E-state index is 11.9. The summed E-state index contributed by atoms with van der Waals surface area (Å²) in [6, 6.07) is 7.95. The van der Waals surface area contributed by atoms with E-state index >= 15 is 0 Å². The zero-order valence-electron chi connectivity index (χ0n) is 12.9. The molecule has 0 saturated carbocycles. The van der Waals surface area contributed by atoms with Crippen LogP contribution in [0, 0.1) is 5.92 Å². The van der Waals surface area contributed by atoms with Crippen LogP contribution in [0.4, 0.5) is 0 Å². The van der Waals surface area contributed by atoms with Gasteiger partial charge in [-0.25, -0.2) is 4.99 Å². The average Bonchev–Trinajstić information content (AvgIpc) is 2.89. The van der Waals surface area contributed by atoms with E-state index in [2.05, 4.69) is 15.2 Å². The number of aliphatic hydroxyl groups excluding tert-OH is 1. The minimum absolute atomic E-state index is 0.0264. The Hall–Kier alpha value is -2.37. The van der Waals surface area contributed by atoms with Gasteiger partial charge in [0.25, 0.3) is 0 Å². The zero-order chi connectivity index (χ0) is 16.7. The zero-order valence-corrected chi connectivity index (χ0v) is 13.6. The summed E-state index contributed by atoms with van der Waals surface area (Å²) in [4.78, 5) is 18.6. The lowest BCUT2D eigenvalue weighted by Gasteiger charge is -2.27. The van der Waals surface area contributed by atoms with Crippen molar-refractivity contribution >= 4 is 23.3 Å². The number of rotatable bonds is 3. The molecule has 0 aromatic heterocycles. The van der Waals surface area contributed by atoms with Gasteiger partial charge in [0.15, 0.2) is 0 Å². The molecule has 0 aliphatic carbocycles. The molecule has 1 aromatic rings. The average molecular weight is 342 g/mol. The van der Waals surface area contributed by atoms with Crippen molar-refractivity contribution in [2.24, 2.45) is 10.9 Å². The van der Waals surface area contributed by atoms with Gasteiger partial charge < -0.3 is 15.3 Å². The van der Waals surface area contributed by atoms with Gasteiger partial charge in [-0.15, -0.1) is 11.6 Å². The molecule has 1 aromatic carbocycles. The van der Waals surface area contributed by atoms with Crippen molar-refractivity contribution in [1.82, 2.24) is 10.2 Å². The first kappa shape index (κ1) is 15.2. The summed E-state index contributed by atoms with van der Waals surface area (Å²) in [5, 5.41) is 12.6. The minimum Gasteiger partial charge on any atom is -0.396 e. The van der Waals surface area contributed by atoms with Crippen molar-refractivity contribution < 1.29 is 9.90 Å². The number of aliphatic imine (C=N–C) groups is 1. The summed E-state index contributed by atoms with van der Waals surface area (Å²) in [6.07, 6.45) is 5.03. The molecule has 2 N–H and O–H groups in total. The number of hydrogen-bond acceptors (Lipinski definition) is 4. The van der Waals surface area contributed by atoms with Crippen molar-refractivity contribution in [2.75, 3.05) is 13.2 Å². The maximum absolute atomic E-state index is 11.9. The lowest BCUT2D eigenvalue weighted by molar-refractivity contribution is -0.115. The summed E-state index contributed by atoms with van der Waals surface area (Å²) in [6.45, 7) is 0.560. The van der Waals surface area contributed by atoms with Crippen molar-refractivity contribution in [2.45, 2.75) is 5.88 Å². The van der Waals surface area contributed by atoms with Gasteiger partial charge in [-0.05, 0) is 11.6 Å². The molecule has 0 saturated heterocycles. The van der Waals surface area contributed by atoms with E-state index in [9.17, 15) is 9.90 Å². The first-order valence-electron chi connectivity index (χ1n) is 7.76. The summed E-state index contributed by atoms with van der Waals surface area (Å²) < 4.78 is 0. The molecule has 5 nitrogen and oxygen atoms in total. The summed E-state index contributed by atoms with van der Waals surface area (Å²) >= 11 is 5.86. The minimum atomic E-state index is -0.180. The fourth-order valence-corrected chi connectivity index (χ4v) is 3.43. The van der Waals surface area contributed by atoms with Crippen LogP contribution in [0.5, 0.6) is 0 Å². The van der Waals surface area contributed by atoms with Crippen LogP contribution in [0.2, 0.25) is 0 Å². The first-order chi connectivity index (χ1) is 11.7. The van der Waals surface area contributed by atoms with Gasteiger partial charge >= 0.3 is 0 Å². The number of allylic oxidation sites excluding steroid dienone is 1. The first-order valence-corrected chi connectivity index (χ1v) is 8.30. The molecule has 0 spiro atoms. The number of benzene rings is 1. The standard InChI is InChI=1S/C18H16ClN3O2/c19-7-11-1-3-12(4-2-11)18-20-8-13-5-6-15(24)21-16-14(10-23)9-22(18)17(13)16/h1-6,8,14,23H,7,9-10H2,(H,21,24)/t14-/m0/s1. The summed E-state index contributed by atoms with van der Waals surface area (Å²) in [5.74, 6) is 0.964. The molecule has 0 radical (unpaired) electrons. The van der Waals surface area contributed by atoms with Crippen LogP contribution in [0.15, 0.2) is 64.6 Å². The van der Waals surface area contributed by atoms with Crippen molar-refractivity contribution in [1.29, 1.82) is 0 Å². The highest BCUT2D eigenvalue weighted by atomic mass is 35.5. The van der Waals surface area contributed by atoms with E-state index in [4.69, 9.17) is 11.6 Å². The molecular weight excluding hydrogens is 326 g/mol. The molecule has 0 unspecified atom stereocenters. The van der Waals surface area contributed by atoms with Crippen LogP contribution in [-0.4, -0.2) is 34.9 Å². The highest BCUT2D eigenvalue weighted by Crippen LogP contribution is 2.37. The number of carbonyl (C=O) groups is 1. The number of nitrogens with one attached hydrogen (secondary N) is 1. The maximum Gasteiger partial charge on any atom is 0.248 e. The molecule has 3 aliphatic rings. The fourth-order valence-electron chi connectivity index (χ4n) is 3.25. The molecular formula is C18H16ClN3O2. The molecule has 4 rings (SSSR count).